The first-order chi connectivity index (χ1) is 8.66. The molecule has 0 aliphatic rings. The van der Waals surface area contributed by atoms with E-state index in [-0.39, 0.29) is 11.5 Å². The van der Waals surface area contributed by atoms with Crippen LogP contribution in [0.25, 0.3) is 0 Å². The van der Waals surface area contributed by atoms with Crippen LogP contribution in [0.5, 0.6) is 0 Å². The molecule has 4 N–H and O–H groups in total. The van der Waals surface area contributed by atoms with Crippen LogP contribution in [0.15, 0.2) is 12.1 Å². The molecule has 0 saturated heterocycles. The summed E-state index contributed by atoms with van der Waals surface area (Å²) in [5, 5.41) is 0. The topological polar surface area (TPSA) is 55.3 Å². The number of hydrogen-bond donors (Lipinski definition) is 2. The third-order valence-corrected chi connectivity index (χ3v) is 3.55. The first-order valence-electron chi connectivity index (χ1n) is 6.95. The lowest BCUT2D eigenvalue weighted by molar-refractivity contribution is 0.589. The molecule has 1 aromatic carbocycles. The van der Waals surface area contributed by atoms with Crippen LogP contribution in [0.3, 0.4) is 0 Å². The molecule has 0 aromatic heterocycles. The molecule has 0 bridgehead atoms. The number of anilines is 1. The Kier molecular flexibility index (Phi) is 4.99. The van der Waals surface area contributed by atoms with E-state index in [1.165, 1.54) is 22.4 Å². The van der Waals surface area contributed by atoms with Crippen LogP contribution in [0.2, 0.25) is 0 Å². The molecule has 19 heavy (non-hydrogen) atoms. The van der Waals surface area contributed by atoms with Crippen LogP contribution in [0.4, 0.5) is 5.69 Å². The van der Waals surface area contributed by atoms with Gasteiger partial charge in [-0.25, -0.2) is 0 Å². The quantitative estimate of drug-likeness (QED) is 0.876. The minimum absolute atomic E-state index is 0.0195. The Labute approximate surface area is 118 Å². The zero-order valence-corrected chi connectivity index (χ0v) is 13.2. The largest absolute Gasteiger partial charge is 0.373 e. The lowest BCUT2D eigenvalue weighted by Gasteiger charge is -2.28. The molecule has 3 nitrogen and oxygen atoms in total. The van der Waals surface area contributed by atoms with Gasteiger partial charge in [-0.05, 0) is 36.0 Å². The highest BCUT2D eigenvalue weighted by molar-refractivity contribution is 5.60. The highest BCUT2D eigenvalue weighted by atomic mass is 15.1. The predicted octanol–water partition coefficient (Wildman–Crippen LogP) is 2.32. The van der Waals surface area contributed by atoms with Gasteiger partial charge in [-0.3, -0.25) is 0 Å². The van der Waals surface area contributed by atoms with Gasteiger partial charge in [-0.2, -0.15) is 0 Å². The van der Waals surface area contributed by atoms with Gasteiger partial charge in [0.25, 0.3) is 0 Å². The van der Waals surface area contributed by atoms with Gasteiger partial charge in [0.2, 0.25) is 0 Å². The van der Waals surface area contributed by atoms with Crippen LogP contribution < -0.4 is 16.4 Å². The van der Waals surface area contributed by atoms with E-state index in [2.05, 4.69) is 58.7 Å². The van der Waals surface area contributed by atoms with Gasteiger partial charge in [-0.15, -0.1) is 0 Å². The fourth-order valence-electron chi connectivity index (χ4n) is 2.51. The molecule has 3 heteroatoms. The lowest BCUT2D eigenvalue weighted by Crippen LogP contribution is -2.41. The molecule has 0 aliphatic carbocycles. The van der Waals surface area contributed by atoms with E-state index >= 15 is 0 Å². The van der Waals surface area contributed by atoms with Gasteiger partial charge in [0.15, 0.2) is 0 Å². The second kappa shape index (κ2) is 5.93. The van der Waals surface area contributed by atoms with E-state index in [0.717, 1.165) is 6.54 Å². The number of aryl methyl sites for hydroxylation is 2. The number of rotatable bonds is 4. The smallest absolute Gasteiger partial charge is 0.0423 e. The molecule has 1 atom stereocenters. The molecule has 108 valence electrons. The molecular weight excluding hydrogens is 234 g/mol. The number of nitrogens with zero attached hydrogens (tertiary/aromatic N) is 1. The number of hydrogen-bond acceptors (Lipinski definition) is 3. The molecule has 0 aliphatic heterocycles. The first-order valence-corrected chi connectivity index (χ1v) is 6.95. The fourth-order valence-corrected chi connectivity index (χ4v) is 2.51. The van der Waals surface area contributed by atoms with Crippen molar-refractivity contribution in [3.63, 3.8) is 0 Å². The summed E-state index contributed by atoms with van der Waals surface area (Å²) in [6.07, 6.45) is 0. The molecule has 0 heterocycles. The summed E-state index contributed by atoms with van der Waals surface area (Å²) >= 11 is 0. The minimum Gasteiger partial charge on any atom is -0.373 e. The van der Waals surface area contributed by atoms with Gasteiger partial charge < -0.3 is 16.4 Å². The van der Waals surface area contributed by atoms with Crippen LogP contribution >= 0.6 is 0 Å². The van der Waals surface area contributed by atoms with E-state index in [0.29, 0.717) is 6.54 Å². The zero-order chi connectivity index (χ0) is 14.8. The first kappa shape index (κ1) is 16.0. The predicted molar refractivity (Wildman–Crippen MR) is 84.9 cm³/mol. The van der Waals surface area contributed by atoms with Crippen molar-refractivity contribution in [2.75, 3.05) is 25.0 Å². The van der Waals surface area contributed by atoms with Gasteiger partial charge in [0, 0.05) is 31.9 Å². The van der Waals surface area contributed by atoms with E-state index in [4.69, 9.17) is 11.5 Å². The normalized spacial score (nSPS) is 13.5. The Hall–Kier alpha value is -1.06. The van der Waals surface area contributed by atoms with E-state index in [1.54, 1.807) is 0 Å². The van der Waals surface area contributed by atoms with Crippen molar-refractivity contribution in [2.24, 2.45) is 11.5 Å². The Bertz CT molecular complexity index is 409. The van der Waals surface area contributed by atoms with Crippen molar-refractivity contribution < 1.29 is 0 Å². The van der Waals surface area contributed by atoms with Crippen molar-refractivity contribution in [2.45, 2.75) is 46.1 Å². The van der Waals surface area contributed by atoms with Gasteiger partial charge in [-0.1, -0.05) is 32.9 Å². The van der Waals surface area contributed by atoms with E-state index in [1.807, 2.05) is 0 Å². The molecule has 1 unspecified atom stereocenters. The summed E-state index contributed by atoms with van der Waals surface area (Å²) in [4.78, 5) is 2.22. The van der Waals surface area contributed by atoms with E-state index in [9.17, 15) is 0 Å². The number of likely N-dealkylation sites (N-methyl/N-ethyl adjacent to an activating group) is 1. The summed E-state index contributed by atoms with van der Waals surface area (Å²) < 4.78 is 0. The monoisotopic (exact) mass is 263 g/mol. The molecule has 0 amide bonds. The molecule has 0 spiro atoms. The van der Waals surface area contributed by atoms with E-state index < -0.39 is 0 Å². The third kappa shape index (κ3) is 3.95. The maximum absolute atomic E-state index is 5.94. The average Bonchev–Trinajstić information content (AvgIpc) is 2.26. The third-order valence-electron chi connectivity index (χ3n) is 3.55. The molecule has 1 aromatic rings. The van der Waals surface area contributed by atoms with Crippen LogP contribution in [0.1, 0.15) is 37.5 Å². The fraction of sp³-hybridized carbons (Fsp3) is 0.625. The van der Waals surface area contributed by atoms with Crippen LogP contribution in [0, 0.1) is 13.8 Å². The molecule has 0 fully saturated rings. The SMILES string of the molecule is Cc1cc(C(C)(C)C)cc(C)c1N(C)CC(N)CN. The second-order valence-electron chi connectivity index (χ2n) is 6.58. The Morgan fingerprint density at radius 1 is 1.16 bits per heavy atom. The molecular formula is C16H29N3. The summed E-state index contributed by atoms with van der Waals surface area (Å²) in [7, 11) is 2.08. The Morgan fingerprint density at radius 3 is 2.00 bits per heavy atom. The minimum atomic E-state index is 0.0195. The van der Waals surface area contributed by atoms with Crippen molar-refractivity contribution in [3.8, 4) is 0 Å². The Morgan fingerprint density at radius 2 is 1.63 bits per heavy atom. The maximum Gasteiger partial charge on any atom is 0.0423 e. The summed E-state index contributed by atoms with van der Waals surface area (Å²) in [5.74, 6) is 0. The van der Waals surface area contributed by atoms with Gasteiger partial charge in [0.05, 0.1) is 0 Å². The standard InChI is InChI=1S/C16H29N3/c1-11-7-13(16(3,4)5)8-12(2)15(11)19(6)10-14(18)9-17/h7-8,14H,9-10,17-18H2,1-6H3. The maximum atomic E-state index is 5.94. The van der Waals surface area contributed by atoms with Crippen molar-refractivity contribution in [1.29, 1.82) is 0 Å². The summed E-state index contributed by atoms with van der Waals surface area (Å²) in [5.41, 5.74) is 17.0. The summed E-state index contributed by atoms with van der Waals surface area (Å²) in [6, 6.07) is 4.59. The van der Waals surface area contributed by atoms with Crippen LogP contribution in [-0.2, 0) is 5.41 Å². The average molecular weight is 263 g/mol. The zero-order valence-electron chi connectivity index (χ0n) is 13.2. The molecule has 0 saturated carbocycles. The molecule has 1 rings (SSSR count). The number of benzene rings is 1. The van der Waals surface area contributed by atoms with Crippen LogP contribution in [-0.4, -0.2) is 26.2 Å². The highest BCUT2D eigenvalue weighted by Gasteiger charge is 2.18. The van der Waals surface area contributed by atoms with Crippen molar-refractivity contribution in [1.82, 2.24) is 0 Å². The summed E-state index contributed by atoms with van der Waals surface area (Å²) in [6.45, 7) is 12.4. The van der Waals surface area contributed by atoms with Gasteiger partial charge >= 0.3 is 0 Å². The Balaban J connectivity index is 3.10. The molecule has 0 radical (unpaired) electrons. The number of nitrogens with two attached hydrogens (primary N) is 2. The van der Waals surface area contributed by atoms with Crippen molar-refractivity contribution in [3.05, 3.63) is 28.8 Å². The van der Waals surface area contributed by atoms with Gasteiger partial charge in [0.1, 0.15) is 0 Å². The highest BCUT2D eigenvalue weighted by Crippen LogP contribution is 2.31. The van der Waals surface area contributed by atoms with Crippen molar-refractivity contribution >= 4 is 5.69 Å². The second-order valence-corrected chi connectivity index (χ2v) is 6.58. The lowest BCUT2D eigenvalue weighted by atomic mass is 9.84.